The van der Waals surface area contributed by atoms with Crippen LogP contribution in [0.4, 0.5) is 0 Å². The lowest BCUT2D eigenvalue weighted by Gasteiger charge is -2.11. The van der Waals surface area contributed by atoms with Crippen LogP contribution in [-0.4, -0.2) is 157 Å². The lowest BCUT2D eigenvalue weighted by atomic mass is 10.1. The van der Waals surface area contributed by atoms with E-state index in [-0.39, 0.29) is 42.5 Å². The summed E-state index contributed by atoms with van der Waals surface area (Å²) in [5.41, 5.74) is 13.3. The van der Waals surface area contributed by atoms with Gasteiger partial charge in [-0.05, 0) is 220 Å². The van der Waals surface area contributed by atoms with Crippen LogP contribution < -0.4 is 44.3 Å². The molecular weight excluding hydrogens is 1790 g/mol. The van der Waals surface area contributed by atoms with E-state index >= 15 is 0 Å². The normalized spacial score (nSPS) is 11.5. The zero-order valence-corrected chi connectivity index (χ0v) is 76.1. The zero-order valence-electron chi connectivity index (χ0n) is 69.8. The Labute approximate surface area is 746 Å². The van der Waals surface area contributed by atoms with Gasteiger partial charge >= 0.3 is 0 Å². The summed E-state index contributed by atoms with van der Waals surface area (Å²) in [5, 5.41) is 24.2. The Kier molecular flexibility index (Phi) is 31.7. The first-order valence-corrected chi connectivity index (χ1v) is 46.5. The Morgan fingerprint density at radius 3 is 1.17 bits per heavy atom. The van der Waals surface area contributed by atoms with Gasteiger partial charge in [0.15, 0.2) is 0 Å². The monoisotopic (exact) mass is 1880 g/mol. The molecule has 0 atom stereocenters. The number of ether oxygens (including phenoxy) is 3. The fourth-order valence-electron chi connectivity index (χ4n) is 14.0. The predicted octanol–water partition coefficient (Wildman–Crippen LogP) is 14.2. The summed E-state index contributed by atoms with van der Waals surface area (Å²) in [6, 6.07) is 44.5. The number of carbonyl (C=O) groups excluding carboxylic acids is 6. The van der Waals surface area contributed by atoms with Crippen molar-refractivity contribution in [2.45, 2.75) is 100 Å². The van der Waals surface area contributed by atoms with Crippen LogP contribution in [0.3, 0.4) is 0 Å². The van der Waals surface area contributed by atoms with Crippen LogP contribution in [0.2, 0.25) is 15.1 Å². The Morgan fingerprint density at radius 2 is 0.816 bits per heavy atom. The van der Waals surface area contributed by atoms with Crippen molar-refractivity contribution in [1.82, 2.24) is 69.8 Å². The summed E-state index contributed by atoms with van der Waals surface area (Å²) in [6.07, 6.45) is 6.22. The maximum atomic E-state index is 13.2. The number of sulfonamides is 3. The number of carbonyl (C=O) groups is 6. The maximum Gasteiger partial charge on any atom is 0.289 e. The second kappa shape index (κ2) is 42.3. The van der Waals surface area contributed by atoms with Crippen molar-refractivity contribution in [2.75, 3.05) is 56.7 Å². The van der Waals surface area contributed by atoms with E-state index in [9.17, 15) is 54.0 Å². The van der Waals surface area contributed by atoms with E-state index in [1.54, 1.807) is 36.5 Å². The molecule has 30 nitrogen and oxygen atoms in total. The molecule has 0 bridgehead atoms. The molecule has 7 aromatic carbocycles. The Morgan fingerprint density at radius 1 is 0.464 bits per heavy atom. The summed E-state index contributed by atoms with van der Waals surface area (Å²) in [6.45, 7) is 16.1. The van der Waals surface area contributed by atoms with Crippen LogP contribution in [-0.2, 0) is 62.9 Å². The summed E-state index contributed by atoms with van der Waals surface area (Å²) >= 11 is 21.8. The Balaban J connectivity index is 0.000000183. The highest BCUT2D eigenvalue weighted by Gasteiger charge is 2.28. The van der Waals surface area contributed by atoms with Crippen molar-refractivity contribution in [1.29, 1.82) is 0 Å². The molecule has 6 aromatic heterocycles. The number of fused-ring (bicyclic) bond motifs is 3. The lowest BCUT2D eigenvalue weighted by molar-refractivity contribution is 0.0915. The fraction of sp³-hybridized carbons (Fsp3) is 0.284. The number of benzene rings is 7. The number of amides is 6. The number of hydrogen-bond acceptors (Lipinski definition) is 19. The molecule has 125 heavy (non-hydrogen) atoms. The van der Waals surface area contributed by atoms with Crippen LogP contribution in [0, 0.1) is 55.4 Å². The highest BCUT2D eigenvalue weighted by Crippen LogP contribution is 2.32. The van der Waals surface area contributed by atoms with E-state index in [2.05, 4.69) is 76.4 Å². The molecule has 0 saturated carbocycles. The quantitative estimate of drug-likeness (QED) is 0.0167. The second-order valence-corrected chi connectivity index (χ2v) is 37.1. The second-order valence-electron chi connectivity index (χ2n) is 29.7. The number of hydrogen-bond donors (Lipinski definition) is 9. The minimum atomic E-state index is -4.06. The number of aryl methyl sites for hydroxylation is 11. The minimum Gasteiger partial charge on any atom is -0.494 e. The first kappa shape index (κ1) is 93.9. The van der Waals surface area contributed by atoms with E-state index < -0.39 is 82.8 Å². The van der Waals surface area contributed by atoms with Gasteiger partial charge in [0.05, 0.1) is 66.6 Å². The number of aromatic nitrogens is 8. The van der Waals surface area contributed by atoms with Crippen molar-refractivity contribution in [3.05, 3.63) is 279 Å². The Bertz CT molecular complexity index is 6450. The molecule has 9 N–H and O–H groups in total. The molecule has 0 unspecified atom stereocenters. The first-order chi connectivity index (χ1) is 59.5. The van der Waals surface area contributed by atoms with Gasteiger partial charge in [0.1, 0.15) is 38.9 Å². The lowest BCUT2D eigenvalue weighted by Crippen LogP contribution is -2.38. The van der Waals surface area contributed by atoms with Crippen LogP contribution in [0.1, 0.15) is 149 Å². The molecule has 6 heterocycles. The van der Waals surface area contributed by atoms with E-state index in [0.717, 1.165) is 66.1 Å². The number of nitrogens with one attached hydrogen (secondary N) is 9. The van der Waals surface area contributed by atoms with Gasteiger partial charge in [-0.25, -0.2) is 39.4 Å². The van der Waals surface area contributed by atoms with Crippen molar-refractivity contribution in [3.8, 4) is 17.2 Å². The molecule has 37 heteroatoms. The standard InChI is InChI=1S/C33H34ClN5O5S.C29H34ClN5O5S.C26H26BrClN4O6S/c1-22-17-26(18-23(2)30(22)34)44-15-8-12-28-27-11-6-7-13-29(27)37-31(28)33(41)38-45(42,43)16-14-35-32(40)25-19-36-39(21-25)20-24-9-4-3-5-10-24;1-17-15-21(16-18(2)26(17)30)40-13-8-10-23-22-9-6-7-11-24(22)32-27(23)29(37)34-41(38,39)14-12-31-28(36)25-19(3)33-35(5)20(25)4;1-15-12-17(13-16(2)23(15)28)37-10-5-7-19-18-6-3-4-8-20(18)30-24(19)26(34)32-39(35,36)11-9-29-25(33)21-14-22(27)31-38-21/h3-7,9-11,13,17-19,21,37H,8,12,14-16,20H2,1-2H3,(H,35,40)(H,38,41);6-7,9,11,15-16,32H,8,10,12-14H2,1-5H3,(H,31,36)(H,34,37);3-4,6,8,12-14,30H,5,7,9-11H2,1-2H3,(H,29,33)(H,32,34). The number of nitrogens with zero attached hydrogens (tertiary/aromatic N) is 5. The van der Waals surface area contributed by atoms with Crippen LogP contribution in [0.15, 0.2) is 167 Å². The third-order valence-electron chi connectivity index (χ3n) is 20.1. The highest BCUT2D eigenvalue weighted by atomic mass is 79.9. The molecular formula is C88H94BrCl3N14O16S3. The number of aromatic amines is 3. The third kappa shape index (κ3) is 25.3. The summed E-state index contributed by atoms with van der Waals surface area (Å²) in [7, 11) is -10.4. The molecule has 13 rings (SSSR count). The predicted molar refractivity (Wildman–Crippen MR) is 485 cm³/mol. The summed E-state index contributed by atoms with van der Waals surface area (Å²) in [4.78, 5) is 85.8. The molecule has 0 radical (unpaired) electrons. The molecule has 13 aromatic rings. The third-order valence-corrected chi connectivity index (χ3v) is 26.0. The molecule has 0 fully saturated rings. The average Bonchev–Trinajstić information content (AvgIpc) is 1.65. The molecule has 0 aliphatic heterocycles. The van der Waals surface area contributed by atoms with Gasteiger partial charge < -0.3 is 49.6 Å². The molecule has 6 amide bonds. The summed E-state index contributed by atoms with van der Waals surface area (Å²) < 4.78 is 109. The highest BCUT2D eigenvalue weighted by molar-refractivity contribution is 9.10. The Hall–Kier alpha value is -11.8. The smallest absolute Gasteiger partial charge is 0.289 e. The maximum absolute atomic E-state index is 13.2. The average molecular weight is 1890 g/mol. The van der Waals surface area contributed by atoms with Crippen LogP contribution in [0.25, 0.3) is 32.7 Å². The van der Waals surface area contributed by atoms with Gasteiger partial charge in [-0.3, -0.25) is 38.1 Å². The van der Waals surface area contributed by atoms with Gasteiger partial charge in [0.2, 0.25) is 35.8 Å². The molecule has 0 aliphatic rings. The molecule has 0 spiro atoms. The van der Waals surface area contributed by atoms with Crippen LogP contribution in [0.5, 0.6) is 17.2 Å². The van der Waals surface area contributed by atoms with Gasteiger partial charge in [0, 0.05) is 92.4 Å². The van der Waals surface area contributed by atoms with Gasteiger partial charge in [-0.1, -0.05) is 125 Å². The van der Waals surface area contributed by atoms with Crippen molar-refractivity contribution < 1.29 is 72.8 Å². The van der Waals surface area contributed by atoms with Gasteiger partial charge in [0.25, 0.3) is 35.4 Å². The van der Waals surface area contributed by atoms with Gasteiger partial charge in [-0.2, -0.15) is 10.2 Å². The van der Waals surface area contributed by atoms with E-state index in [0.29, 0.717) is 147 Å². The summed E-state index contributed by atoms with van der Waals surface area (Å²) in [5.74, 6) is -3.20. The number of rotatable bonds is 35. The van der Waals surface area contributed by atoms with E-state index in [1.165, 1.54) is 12.3 Å². The molecule has 658 valence electrons. The first-order valence-electron chi connectivity index (χ1n) is 39.7. The SMILES string of the molecule is Cc1cc(OCCCc2c(C(=O)NS(=O)(=O)CCNC(=O)c3c(C)nn(C)c3C)[nH]c3ccccc23)cc(C)c1Cl.Cc1cc(OCCCc2c(C(=O)NS(=O)(=O)CCNC(=O)c3cc(Br)no3)[nH]c3ccccc23)cc(C)c1Cl.Cc1cc(OCCCc2c(C(=O)NS(=O)(=O)CCNC(=O)c3cnn(Cc4ccccc4)c3)[nH]c3ccccc23)cc(C)c1Cl. The number of para-hydroxylation sites is 3. The molecule has 0 aliphatic carbocycles. The van der Waals surface area contributed by atoms with E-state index in [1.807, 2.05) is 181 Å². The zero-order chi connectivity index (χ0) is 90.0. The van der Waals surface area contributed by atoms with Crippen molar-refractivity contribution in [3.63, 3.8) is 0 Å². The number of halogens is 4. The number of H-pyrrole nitrogens is 3. The fourth-order valence-corrected chi connectivity index (χ4v) is 17.1. The van der Waals surface area contributed by atoms with Gasteiger partial charge in [-0.15, -0.1) is 0 Å². The topological polar surface area (TPSA) is 414 Å². The van der Waals surface area contributed by atoms with Crippen molar-refractivity contribution >= 4 is 149 Å². The molecule has 0 saturated heterocycles. The largest absolute Gasteiger partial charge is 0.494 e. The van der Waals surface area contributed by atoms with Crippen LogP contribution >= 0.6 is 50.7 Å². The van der Waals surface area contributed by atoms with Crippen molar-refractivity contribution in [2.24, 2.45) is 7.05 Å². The van der Waals surface area contributed by atoms with E-state index in [4.69, 9.17) is 53.5 Å². The minimum absolute atomic E-state index is 0.0728.